The van der Waals surface area contributed by atoms with E-state index in [0.717, 1.165) is 0 Å². The first-order chi connectivity index (χ1) is 12.7. The molecule has 0 radical (unpaired) electrons. The summed E-state index contributed by atoms with van der Waals surface area (Å²) in [4.78, 5) is 22.9. The number of benzene rings is 2. The zero-order chi connectivity index (χ0) is 20.0. The van der Waals surface area contributed by atoms with Gasteiger partial charge in [0.2, 0.25) is 0 Å². The average molecular weight is 379 g/mol. The Balaban J connectivity index is 2.00. The molecule has 0 unspecified atom stereocenters. The van der Waals surface area contributed by atoms with Gasteiger partial charge in [-0.15, -0.1) is 0 Å². The molecule has 6 nitrogen and oxygen atoms in total. The van der Waals surface area contributed by atoms with Crippen molar-refractivity contribution >= 4 is 23.2 Å². The summed E-state index contributed by atoms with van der Waals surface area (Å²) in [5.41, 5.74) is 3.77. The summed E-state index contributed by atoms with van der Waals surface area (Å²) in [6, 6.07) is 12.0. The lowest BCUT2D eigenvalue weighted by Gasteiger charge is -2.08. The minimum absolute atomic E-state index is 0.00357. The first-order valence-electron chi connectivity index (χ1n) is 7.68. The predicted octanol–water partition coefficient (Wildman–Crippen LogP) is 3.35. The van der Waals surface area contributed by atoms with E-state index in [2.05, 4.69) is 10.5 Å². The second-order valence-corrected chi connectivity index (χ2v) is 5.40. The van der Waals surface area contributed by atoms with Crippen molar-refractivity contribution in [3.05, 3.63) is 59.7 Å². The Morgan fingerprint density at radius 2 is 1.52 bits per heavy atom. The maximum atomic E-state index is 12.2. The highest BCUT2D eigenvalue weighted by Crippen LogP contribution is 2.18. The molecule has 2 N–H and O–H groups in total. The summed E-state index contributed by atoms with van der Waals surface area (Å²) < 4.78 is 41.7. The topological polar surface area (TPSA) is 79.8 Å². The molecule has 0 bridgehead atoms. The first-order valence-corrected chi connectivity index (χ1v) is 7.68. The zero-order valence-electron chi connectivity index (χ0n) is 14.4. The summed E-state index contributed by atoms with van der Waals surface area (Å²) in [6.07, 6.45) is -4.96. The van der Waals surface area contributed by atoms with E-state index in [9.17, 15) is 22.8 Å². The number of alkyl halides is 3. The molecule has 0 spiro atoms. The Hall–Kier alpha value is -3.36. The third-order valence-electron chi connectivity index (χ3n) is 3.50. The molecular formula is C18H16F3N3O3. The first kappa shape index (κ1) is 20.0. The van der Waals surface area contributed by atoms with Gasteiger partial charge in [-0.05, 0) is 48.9 Å². The predicted molar refractivity (Wildman–Crippen MR) is 93.8 cm³/mol. The lowest BCUT2D eigenvalue weighted by atomic mass is 10.1. The second kappa shape index (κ2) is 8.35. The van der Waals surface area contributed by atoms with Crippen LogP contribution in [-0.4, -0.2) is 30.8 Å². The van der Waals surface area contributed by atoms with E-state index in [4.69, 9.17) is 4.74 Å². The van der Waals surface area contributed by atoms with Crippen LogP contribution in [0.2, 0.25) is 0 Å². The lowest BCUT2D eigenvalue weighted by molar-refractivity contribution is -0.167. The number of rotatable bonds is 5. The van der Waals surface area contributed by atoms with Crippen molar-refractivity contribution < 1.29 is 27.5 Å². The average Bonchev–Trinajstić information content (AvgIpc) is 2.65. The van der Waals surface area contributed by atoms with Gasteiger partial charge in [0.05, 0.1) is 12.8 Å². The standard InChI is InChI=1S/C18H16F3N3O3/c1-11(23-24-16(25)13-5-9-15(27-2)10-6-13)12-3-7-14(8-4-12)22-17(26)18(19,20)21/h3-10H,1-2H3,(H,22,26)(H,24,25). The molecule has 2 rings (SSSR count). The smallest absolute Gasteiger partial charge is 0.471 e. The fraction of sp³-hybridized carbons (Fsp3) is 0.167. The van der Waals surface area contributed by atoms with Crippen LogP contribution >= 0.6 is 0 Å². The molecule has 0 aliphatic carbocycles. The van der Waals surface area contributed by atoms with Crippen LogP contribution in [0.15, 0.2) is 53.6 Å². The van der Waals surface area contributed by atoms with E-state index >= 15 is 0 Å². The third kappa shape index (κ3) is 5.56. The van der Waals surface area contributed by atoms with Gasteiger partial charge in [0.25, 0.3) is 5.91 Å². The molecule has 2 amide bonds. The van der Waals surface area contributed by atoms with Crippen molar-refractivity contribution in [2.24, 2.45) is 5.10 Å². The van der Waals surface area contributed by atoms with Crippen molar-refractivity contribution in [1.82, 2.24) is 5.43 Å². The summed E-state index contributed by atoms with van der Waals surface area (Å²) in [6.45, 7) is 1.62. The van der Waals surface area contributed by atoms with E-state index in [1.807, 2.05) is 0 Å². The number of hydrogen-bond donors (Lipinski definition) is 2. The summed E-state index contributed by atoms with van der Waals surface area (Å²) in [7, 11) is 1.52. The minimum Gasteiger partial charge on any atom is -0.497 e. The van der Waals surface area contributed by atoms with Crippen LogP contribution in [0, 0.1) is 0 Å². The fourth-order valence-corrected chi connectivity index (χ4v) is 2.00. The molecule has 0 aliphatic heterocycles. The molecule has 0 aromatic heterocycles. The molecule has 0 saturated heterocycles. The third-order valence-corrected chi connectivity index (χ3v) is 3.50. The highest BCUT2D eigenvalue weighted by Gasteiger charge is 2.38. The van der Waals surface area contributed by atoms with E-state index in [0.29, 0.717) is 22.6 Å². The molecule has 0 atom stereocenters. The summed E-state index contributed by atoms with van der Waals surface area (Å²) in [5, 5.41) is 5.71. The molecule has 0 saturated carbocycles. The monoisotopic (exact) mass is 379 g/mol. The number of nitrogens with zero attached hydrogens (tertiary/aromatic N) is 1. The zero-order valence-corrected chi connectivity index (χ0v) is 14.4. The van der Waals surface area contributed by atoms with Gasteiger partial charge in [-0.25, -0.2) is 5.43 Å². The van der Waals surface area contributed by atoms with Crippen LogP contribution in [0.25, 0.3) is 0 Å². The molecule has 2 aromatic carbocycles. The highest BCUT2D eigenvalue weighted by atomic mass is 19.4. The van der Waals surface area contributed by atoms with E-state index in [1.54, 1.807) is 36.5 Å². The van der Waals surface area contributed by atoms with Crippen LogP contribution in [0.1, 0.15) is 22.8 Å². The number of halogens is 3. The molecule has 27 heavy (non-hydrogen) atoms. The number of hydrazone groups is 1. The van der Waals surface area contributed by atoms with Gasteiger partial charge < -0.3 is 10.1 Å². The van der Waals surface area contributed by atoms with E-state index < -0.39 is 18.0 Å². The van der Waals surface area contributed by atoms with E-state index in [-0.39, 0.29) is 5.69 Å². The van der Waals surface area contributed by atoms with Gasteiger partial charge in [0.15, 0.2) is 0 Å². The maximum Gasteiger partial charge on any atom is 0.471 e. The van der Waals surface area contributed by atoms with Crippen molar-refractivity contribution in [3.8, 4) is 5.75 Å². The largest absolute Gasteiger partial charge is 0.497 e. The SMILES string of the molecule is COc1ccc(C(=O)NN=C(C)c2ccc(NC(=O)C(F)(F)F)cc2)cc1. The fourth-order valence-electron chi connectivity index (χ4n) is 2.00. The number of nitrogens with one attached hydrogen (secondary N) is 2. The lowest BCUT2D eigenvalue weighted by Crippen LogP contribution is -2.29. The van der Waals surface area contributed by atoms with Gasteiger partial charge in [-0.2, -0.15) is 18.3 Å². The Kier molecular flexibility index (Phi) is 6.17. The minimum atomic E-state index is -4.96. The number of carbonyl (C=O) groups is 2. The van der Waals surface area contributed by atoms with Crippen LogP contribution < -0.4 is 15.5 Å². The number of hydrogen-bond acceptors (Lipinski definition) is 4. The quantitative estimate of drug-likeness (QED) is 0.618. The molecule has 0 heterocycles. The van der Waals surface area contributed by atoms with Gasteiger partial charge in [-0.1, -0.05) is 12.1 Å². The van der Waals surface area contributed by atoms with E-state index in [1.165, 1.54) is 31.4 Å². The Bertz CT molecular complexity index is 845. The maximum absolute atomic E-state index is 12.2. The molecule has 0 aliphatic rings. The van der Waals surface area contributed by atoms with Crippen LogP contribution in [-0.2, 0) is 4.79 Å². The number of anilines is 1. The normalized spacial score (nSPS) is 11.7. The Morgan fingerprint density at radius 3 is 2.04 bits per heavy atom. The number of methoxy groups -OCH3 is 1. The number of ether oxygens (including phenoxy) is 1. The summed E-state index contributed by atoms with van der Waals surface area (Å²) >= 11 is 0. The summed E-state index contributed by atoms with van der Waals surface area (Å²) in [5.74, 6) is -1.86. The Morgan fingerprint density at radius 1 is 0.963 bits per heavy atom. The molecule has 0 fully saturated rings. The Labute approximate surface area is 153 Å². The van der Waals surface area contributed by atoms with Gasteiger partial charge in [0.1, 0.15) is 5.75 Å². The molecular weight excluding hydrogens is 363 g/mol. The van der Waals surface area contributed by atoms with Crippen molar-refractivity contribution in [3.63, 3.8) is 0 Å². The van der Waals surface area contributed by atoms with Crippen molar-refractivity contribution in [2.75, 3.05) is 12.4 Å². The van der Waals surface area contributed by atoms with Crippen LogP contribution in [0.4, 0.5) is 18.9 Å². The molecule has 2 aromatic rings. The second-order valence-electron chi connectivity index (χ2n) is 5.40. The van der Waals surface area contributed by atoms with Crippen LogP contribution in [0.5, 0.6) is 5.75 Å². The highest BCUT2D eigenvalue weighted by molar-refractivity contribution is 6.01. The van der Waals surface area contributed by atoms with Crippen molar-refractivity contribution in [1.29, 1.82) is 0 Å². The van der Waals surface area contributed by atoms with Gasteiger partial charge in [-0.3, -0.25) is 9.59 Å². The van der Waals surface area contributed by atoms with Gasteiger partial charge in [0, 0.05) is 11.3 Å². The molecule has 9 heteroatoms. The van der Waals surface area contributed by atoms with Crippen LogP contribution in [0.3, 0.4) is 0 Å². The van der Waals surface area contributed by atoms with Crippen molar-refractivity contribution in [2.45, 2.75) is 13.1 Å². The number of carbonyl (C=O) groups excluding carboxylic acids is 2. The molecule has 142 valence electrons. The number of amides is 2. The van der Waals surface area contributed by atoms with Gasteiger partial charge >= 0.3 is 12.1 Å².